The molecule has 0 spiro atoms. The number of hydrogen-bond acceptors (Lipinski definition) is 2. The van der Waals surface area contributed by atoms with Gasteiger partial charge in [0.05, 0.1) is 12.4 Å². The van der Waals surface area contributed by atoms with Crippen molar-refractivity contribution < 1.29 is 4.74 Å². The molecule has 0 radical (unpaired) electrons. The maximum Gasteiger partial charge on any atom is 0.0989 e. The molecule has 0 aromatic carbocycles. The largest absolute Gasteiger partial charge is 0.381 e. The van der Waals surface area contributed by atoms with E-state index in [-0.39, 0.29) is 0 Å². The molecule has 2 fully saturated rings. The van der Waals surface area contributed by atoms with Crippen LogP contribution in [-0.4, -0.2) is 22.8 Å². The van der Waals surface area contributed by atoms with E-state index >= 15 is 0 Å². The molecule has 0 unspecified atom stereocenters. The van der Waals surface area contributed by atoms with E-state index in [1.165, 1.54) is 44.2 Å². The van der Waals surface area contributed by atoms with Gasteiger partial charge in [0.15, 0.2) is 0 Å². The number of allylic oxidation sites excluding steroid dienone is 3. The first-order chi connectivity index (χ1) is 12.6. The molecule has 3 nitrogen and oxygen atoms in total. The van der Waals surface area contributed by atoms with Crippen LogP contribution >= 0.6 is 0 Å². The molecular weight excluding hydrogens is 320 g/mol. The lowest BCUT2D eigenvalue weighted by molar-refractivity contribution is -0.0311. The normalized spacial score (nSPS) is 44.6. The van der Waals surface area contributed by atoms with Crippen LogP contribution in [0.3, 0.4) is 0 Å². The van der Waals surface area contributed by atoms with Gasteiger partial charge in [-0.05, 0) is 68.1 Å². The minimum Gasteiger partial charge on any atom is -0.381 e. The predicted molar refractivity (Wildman–Crippen MR) is 104 cm³/mol. The highest BCUT2D eigenvalue weighted by Gasteiger charge is 2.57. The fourth-order valence-corrected chi connectivity index (χ4v) is 7.18. The number of aromatic nitrogens is 2. The molecule has 1 aromatic heterocycles. The summed E-state index contributed by atoms with van der Waals surface area (Å²) in [4.78, 5) is 4.30. The van der Waals surface area contributed by atoms with E-state index in [1.54, 1.807) is 5.57 Å². The molecule has 0 bridgehead atoms. The first-order valence-electron chi connectivity index (χ1n) is 10.5. The lowest BCUT2D eigenvalue weighted by Gasteiger charge is -2.57. The second-order valence-electron chi connectivity index (χ2n) is 9.61. The molecule has 26 heavy (non-hydrogen) atoms. The van der Waals surface area contributed by atoms with E-state index in [4.69, 9.17) is 4.74 Å². The van der Waals surface area contributed by atoms with Crippen LogP contribution in [0.15, 0.2) is 36.4 Å². The van der Waals surface area contributed by atoms with Crippen LogP contribution in [0.2, 0.25) is 0 Å². The van der Waals surface area contributed by atoms with Crippen molar-refractivity contribution >= 4 is 5.70 Å². The van der Waals surface area contributed by atoms with E-state index in [0.29, 0.717) is 16.9 Å². The molecule has 0 saturated heterocycles. The van der Waals surface area contributed by atoms with Crippen LogP contribution in [0.25, 0.3) is 5.70 Å². The first kappa shape index (κ1) is 16.8. The number of rotatable bonds is 2. The first-order valence-corrected chi connectivity index (χ1v) is 10.5. The third kappa shape index (κ3) is 2.19. The number of fused-ring (bicyclic) bond motifs is 5. The Hall–Kier alpha value is -1.35. The van der Waals surface area contributed by atoms with Crippen molar-refractivity contribution in [2.24, 2.45) is 28.6 Å². The smallest absolute Gasteiger partial charge is 0.0989 e. The Morgan fingerprint density at radius 2 is 1.92 bits per heavy atom. The summed E-state index contributed by atoms with van der Waals surface area (Å²) >= 11 is 0. The molecule has 3 heteroatoms. The number of methoxy groups -OCH3 is 1. The van der Waals surface area contributed by atoms with E-state index in [1.807, 2.05) is 19.6 Å². The SMILES string of the molecule is CO[C@H]1CC[C@@]2(C)C(=CC[C@@H]3[C@@H]2CC[C@]2(C)C(n4ccnc4)=CC[C@@H]32)C1. The Labute approximate surface area is 157 Å². The molecular formula is C23H32N2O. The lowest BCUT2D eigenvalue weighted by Crippen LogP contribution is -2.50. The summed E-state index contributed by atoms with van der Waals surface area (Å²) in [6.45, 7) is 5.10. The molecule has 4 aliphatic carbocycles. The topological polar surface area (TPSA) is 27.1 Å². The predicted octanol–water partition coefficient (Wildman–Crippen LogP) is 5.31. The quantitative estimate of drug-likeness (QED) is 0.674. The summed E-state index contributed by atoms with van der Waals surface area (Å²) in [6, 6.07) is 0. The van der Waals surface area contributed by atoms with Gasteiger partial charge in [0.2, 0.25) is 0 Å². The summed E-state index contributed by atoms with van der Waals surface area (Å²) in [7, 11) is 1.88. The van der Waals surface area contributed by atoms with Gasteiger partial charge < -0.3 is 9.30 Å². The molecule has 5 rings (SSSR count). The third-order valence-corrected chi connectivity index (χ3v) is 8.71. The molecule has 1 aromatic rings. The second kappa shape index (κ2) is 5.82. The number of nitrogens with zero attached hydrogens (tertiary/aromatic N) is 2. The second-order valence-corrected chi connectivity index (χ2v) is 9.61. The maximum atomic E-state index is 5.70. The number of hydrogen-bond donors (Lipinski definition) is 0. The van der Waals surface area contributed by atoms with Gasteiger partial charge in [-0.15, -0.1) is 0 Å². The average Bonchev–Trinajstić information content (AvgIpc) is 3.27. The van der Waals surface area contributed by atoms with Gasteiger partial charge >= 0.3 is 0 Å². The molecule has 6 atom stereocenters. The summed E-state index contributed by atoms with van der Waals surface area (Å²) in [5.41, 5.74) is 3.94. The monoisotopic (exact) mass is 352 g/mol. The summed E-state index contributed by atoms with van der Waals surface area (Å²) in [6.07, 6.45) is 20.5. The van der Waals surface area contributed by atoms with Crippen LogP contribution in [0.4, 0.5) is 0 Å². The molecule has 1 heterocycles. The Bertz CT molecular complexity index is 748. The standard InChI is InChI=1S/C23H32N2O/c1-22-10-8-17(26-3)14-16(22)4-5-18-19-6-7-21(25-13-12-24-15-25)23(19,2)11-9-20(18)22/h4,7,12-13,15,17-20H,5-6,8-11,14H2,1-3H3/t17-,18-,19-,20-,22-,23-/m0/s1. The molecule has 140 valence electrons. The third-order valence-electron chi connectivity index (χ3n) is 8.71. The Morgan fingerprint density at radius 1 is 1.08 bits per heavy atom. The molecule has 0 N–H and O–H groups in total. The fraction of sp³-hybridized carbons (Fsp3) is 0.696. The highest BCUT2D eigenvalue weighted by Crippen LogP contribution is 2.65. The van der Waals surface area contributed by atoms with Gasteiger partial charge in [-0.3, -0.25) is 0 Å². The molecule has 0 amide bonds. The summed E-state index contributed by atoms with van der Waals surface area (Å²) < 4.78 is 7.98. The van der Waals surface area contributed by atoms with Gasteiger partial charge in [-0.1, -0.05) is 31.6 Å². The van der Waals surface area contributed by atoms with Crippen molar-refractivity contribution in [2.75, 3.05) is 7.11 Å². The molecule has 4 aliphatic rings. The molecule has 2 saturated carbocycles. The zero-order valence-corrected chi connectivity index (χ0v) is 16.4. The Morgan fingerprint density at radius 3 is 2.69 bits per heavy atom. The zero-order chi connectivity index (χ0) is 17.9. The highest BCUT2D eigenvalue weighted by atomic mass is 16.5. The van der Waals surface area contributed by atoms with Crippen molar-refractivity contribution in [3.63, 3.8) is 0 Å². The van der Waals surface area contributed by atoms with Crippen molar-refractivity contribution in [3.05, 3.63) is 36.4 Å². The van der Waals surface area contributed by atoms with Crippen molar-refractivity contribution in [3.8, 4) is 0 Å². The van der Waals surface area contributed by atoms with Gasteiger partial charge in [0.1, 0.15) is 0 Å². The van der Waals surface area contributed by atoms with Gasteiger partial charge in [0.25, 0.3) is 0 Å². The minimum atomic E-state index is 0.313. The minimum absolute atomic E-state index is 0.313. The van der Waals surface area contributed by atoms with Crippen LogP contribution < -0.4 is 0 Å². The molecule has 0 aliphatic heterocycles. The van der Waals surface area contributed by atoms with Gasteiger partial charge in [0, 0.05) is 30.6 Å². The number of imidazole rings is 1. The van der Waals surface area contributed by atoms with Crippen LogP contribution in [0.5, 0.6) is 0 Å². The van der Waals surface area contributed by atoms with E-state index in [9.17, 15) is 0 Å². The maximum absolute atomic E-state index is 5.70. The number of ether oxygens (including phenoxy) is 1. The summed E-state index contributed by atoms with van der Waals surface area (Å²) in [5, 5.41) is 0. The van der Waals surface area contributed by atoms with Crippen molar-refractivity contribution in [1.29, 1.82) is 0 Å². The van der Waals surface area contributed by atoms with Crippen molar-refractivity contribution in [1.82, 2.24) is 9.55 Å². The fourth-order valence-electron chi connectivity index (χ4n) is 7.18. The van der Waals surface area contributed by atoms with Gasteiger partial charge in [-0.25, -0.2) is 4.98 Å². The lowest BCUT2D eigenvalue weighted by atomic mass is 9.48. The summed E-state index contributed by atoms with van der Waals surface area (Å²) in [5.74, 6) is 2.47. The van der Waals surface area contributed by atoms with Crippen LogP contribution in [0.1, 0.15) is 58.8 Å². The highest BCUT2D eigenvalue weighted by molar-refractivity contribution is 5.57. The average molecular weight is 353 g/mol. The Kier molecular flexibility index (Phi) is 3.76. The Balaban J connectivity index is 1.46. The van der Waals surface area contributed by atoms with E-state index in [2.05, 4.69) is 41.7 Å². The van der Waals surface area contributed by atoms with Gasteiger partial charge in [-0.2, -0.15) is 0 Å². The van der Waals surface area contributed by atoms with Crippen LogP contribution in [-0.2, 0) is 4.74 Å². The van der Waals surface area contributed by atoms with Crippen molar-refractivity contribution in [2.45, 2.75) is 64.9 Å². The van der Waals surface area contributed by atoms with E-state index in [0.717, 1.165) is 24.2 Å². The van der Waals surface area contributed by atoms with Crippen LogP contribution in [0, 0.1) is 28.6 Å². The van der Waals surface area contributed by atoms with E-state index < -0.39 is 0 Å². The zero-order valence-electron chi connectivity index (χ0n) is 16.4.